The van der Waals surface area contributed by atoms with E-state index in [1.54, 1.807) is 0 Å². The number of carbonyl (C=O) groups excluding carboxylic acids is 2. The number of nitrogens with zero attached hydrogens (tertiary/aromatic N) is 1. The smallest absolute Gasteiger partial charge is 0.321 e. The molecule has 16 heavy (non-hydrogen) atoms. The third-order valence-electron chi connectivity index (χ3n) is 2.88. The number of nitrogens with two attached hydrogens (primary N) is 1. The molecule has 0 radical (unpaired) electrons. The fourth-order valence-electron chi connectivity index (χ4n) is 1.79. The van der Waals surface area contributed by atoms with Crippen LogP contribution in [0.3, 0.4) is 0 Å². The Hall–Kier alpha value is -1.14. The monoisotopic (exact) mass is 228 g/mol. The summed E-state index contributed by atoms with van der Waals surface area (Å²) in [6, 6.07) is -0.265. The van der Waals surface area contributed by atoms with Crippen molar-refractivity contribution in [3.05, 3.63) is 0 Å². The second kappa shape index (κ2) is 5.81. The predicted molar refractivity (Wildman–Crippen MR) is 60.8 cm³/mol. The summed E-state index contributed by atoms with van der Waals surface area (Å²) in [6.45, 7) is 4.51. The highest BCUT2D eigenvalue weighted by Gasteiger charge is 2.26. The second-order valence-electron chi connectivity index (χ2n) is 4.28. The van der Waals surface area contributed by atoms with Gasteiger partial charge in [-0.1, -0.05) is 6.92 Å². The first-order chi connectivity index (χ1) is 7.52. The molecule has 0 saturated carbocycles. The number of nitrogens with one attached hydrogen (secondary N) is 2. The summed E-state index contributed by atoms with van der Waals surface area (Å²) < 4.78 is 0. The van der Waals surface area contributed by atoms with Crippen LogP contribution in [-0.2, 0) is 4.79 Å². The number of amides is 3. The molecule has 0 spiro atoms. The van der Waals surface area contributed by atoms with Crippen LogP contribution < -0.4 is 16.4 Å². The lowest BCUT2D eigenvalue weighted by Crippen LogP contribution is -2.39. The van der Waals surface area contributed by atoms with Gasteiger partial charge in [0.25, 0.3) is 0 Å². The first-order valence-corrected chi connectivity index (χ1v) is 5.52. The summed E-state index contributed by atoms with van der Waals surface area (Å²) in [5.41, 5.74) is 5.87. The normalized spacial score (nSPS) is 25.4. The molecule has 1 heterocycles. The van der Waals surface area contributed by atoms with Gasteiger partial charge in [0.2, 0.25) is 5.91 Å². The number of carbonyl (C=O) groups is 2. The van der Waals surface area contributed by atoms with Gasteiger partial charge in [-0.05, 0) is 5.92 Å². The third-order valence-corrected chi connectivity index (χ3v) is 2.88. The molecular weight excluding hydrogens is 208 g/mol. The van der Waals surface area contributed by atoms with Gasteiger partial charge < -0.3 is 16.0 Å². The van der Waals surface area contributed by atoms with Crippen molar-refractivity contribution in [2.45, 2.75) is 19.4 Å². The largest absolute Gasteiger partial charge is 0.341 e. The molecule has 0 aromatic heterocycles. The molecule has 6 heteroatoms. The van der Waals surface area contributed by atoms with Gasteiger partial charge in [0, 0.05) is 39.1 Å². The van der Waals surface area contributed by atoms with Crippen molar-refractivity contribution in [1.29, 1.82) is 0 Å². The zero-order valence-corrected chi connectivity index (χ0v) is 9.82. The number of hydrogen-bond acceptors (Lipinski definition) is 4. The molecule has 6 nitrogen and oxygen atoms in total. The summed E-state index contributed by atoms with van der Waals surface area (Å²) in [6.07, 6.45) is 0.326. The SMILES string of the molecule is CNC(=O)NC(=O)CCN1CC(C)C(N)C1. The van der Waals surface area contributed by atoms with Crippen LogP contribution in [0.5, 0.6) is 0 Å². The molecule has 1 aliphatic heterocycles. The van der Waals surface area contributed by atoms with E-state index < -0.39 is 6.03 Å². The Bertz CT molecular complexity index is 260. The number of imide groups is 1. The van der Waals surface area contributed by atoms with E-state index in [1.165, 1.54) is 7.05 Å². The average Bonchev–Trinajstić information content (AvgIpc) is 2.55. The Morgan fingerprint density at radius 1 is 1.44 bits per heavy atom. The summed E-state index contributed by atoms with van der Waals surface area (Å²) in [4.78, 5) is 24.3. The summed E-state index contributed by atoms with van der Waals surface area (Å²) >= 11 is 0. The molecule has 0 bridgehead atoms. The molecule has 1 fully saturated rings. The molecule has 2 atom stereocenters. The number of hydrogen-bond donors (Lipinski definition) is 3. The number of rotatable bonds is 3. The van der Waals surface area contributed by atoms with E-state index in [1.807, 2.05) is 0 Å². The zero-order valence-electron chi connectivity index (χ0n) is 9.82. The number of urea groups is 1. The minimum absolute atomic E-state index is 0.196. The van der Waals surface area contributed by atoms with E-state index in [4.69, 9.17) is 5.73 Å². The average molecular weight is 228 g/mol. The lowest BCUT2D eigenvalue weighted by molar-refractivity contribution is -0.120. The van der Waals surface area contributed by atoms with Gasteiger partial charge >= 0.3 is 6.03 Å². The van der Waals surface area contributed by atoms with Crippen LogP contribution >= 0.6 is 0 Å². The molecule has 4 N–H and O–H groups in total. The molecule has 1 aliphatic rings. The Kier molecular flexibility index (Phi) is 4.70. The molecule has 0 aliphatic carbocycles. The van der Waals surface area contributed by atoms with Gasteiger partial charge in [-0.2, -0.15) is 0 Å². The topological polar surface area (TPSA) is 87.5 Å². The highest BCUT2D eigenvalue weighted by Crippen LogP contribution is 2.14. The van der Waals surface area contributed by atoms with Crippen molar-refractivity contribution in [2.24, 2.45) is 11.7 Å². The van der Waals surface area contributed by atoms with Crippen molar-refractivity contribution in [2.75, 3.05) is 26.7 Å². The molecule has 0 aromatic carbocycles. The molecule has 0 aromatic rings. The highest BCUT2D eigenvalue weighted by atomic mass is 16.2. The Morgan fingerprint density at radius 3 is 2.62 bits per heavy atom. The van der Waals surface area contributed by atoms with Crippen molar-refractivity contribution < 1.29 is 9.59 Å². The Morgan fingerprint density at radius 2 is 2.12 bits per heavy atom. The van der Waals surface area contributed by atoms with Crippen molar-refractivity contribution in [1.82, 2.24) is 15.5 Å². The maximum absolute atomic E-state index is 11.3. The maximum atomic E-state index is 11.3. The van der Waals surface area contributed by atoms with E-state index in [2.05, 4.69) is 22.5 Å². The van der Waals surface area contributed by atoms with Crippen LogP contribution in [0.2, 0.25) is 0 Å². The van der Waals surface area contributed by atoms with Gasteiger partial charge in [-0.25, -0.2) is 4.79 Å². The first kappa shape index (κ1) is 12.9. The molecular formula is C10H20N4O2. The lowest BCUT2D eigenvalue weighted by Gasteiger charge is -2.14. The Labute approximate surface area is 95.5 Å². The van der Waals surface area contributed by atoms with Crippen molar-refractivity contribution in [3.8, 4) is 0 Å². The molecule has 92 valence electrons. The molecule has 1 saturated heterocycles. The van der Waals surface area contributed by atoms with E-state index in [-0.39, 0.29) is 11.9 Å². The predicted octanol–water partition coefficient (Wildman–Crippen LogP) is -0.889. The lowest BCUT2D eigenvalue weighted by atomic mass is 10.1. The highest BCUT2D eigenvalue weighted by molar-refractivity contribution is 5.94. The number of likely N-dealkylation sites (tertiary alicyclic amines) is 1. The van der Waals surface area contributed by atoms with E-state index in [9.17, 15) is 9.59 Å². The van der Waals surface area contributed by atoms with Gasteiger partial charge in [0.15, 0.2) is 0 Å². The Balaban J connectivity index is 2.20. The quantitative estimate of drug-likeness (QED) is 0.585. The summed E-state index contributed by atoms with van der Waals surface area (Å²) in [5.74, 6) is 0.217. The van der Waals surface area contributed by atoms with E-state index in [0.29, 0.717) is 18.9 Å². The van der Waals surface area contributed by atoms with Crippen LogP contribution in [0, 0.1) is 5.92 Å². The van der Waals surface area contributed by atoms with Gasteiger partial charge in [-0.3, -0.25) is 10.1 Å². The molecule has 2 unspecified atom stereocenters. The molecule has 1 rings (SSSR count). The van der Waals surface area contributed by atoms with E-state index >= 15 is 0 Å². The van der Waals surface area contributed by atoms with Crippen LogP contribution in [0.4, 0.5) is 4.79 Å². The van der Waals surface area contributed by atoms with Crippen LogP contribution in [0.15, 0.2) is 0 Å². The van der Waals surface area contributed by atoms with Crippen LogP contribution in [0.25, 0.3) is 0 Å². The fraction of sp³-hybridized carbons (Fsp3) is 0.800. The summed E-state index contributed by atoms with van der Waals surface area (Å²) in [7, 11) is 1.48. The molecule has 3 amide bonds. The summed E-state index contributed by atoms with van der Waals surface area (Å²) in [5, 5.41) is 4.56. The first-order valence-electron chi connectivity index (χ1n) is 5.52. The minimum Gasteiger partial charge on any atom is -0.341 e. The van der Waals surface area contributed by atoms with Crippen molar-refractivity contribution in [3.63, 3.8) is 0 Å². The van der Waals surface area contributed by atoms with Gasteiger partial charge in [0.1, 0.15) is 0 Å². The van der Waals surface area contributed by atoms with E-state index in [0.717, 1.165) is 13.1 Å². The maximum Gasteiger partial charge on any atom is 0.321 e. The van der Waals surface area contributed by atoms with Gasteiger partial charge in [-0.15, -0.1) is 0 Å². The minimum atomic E-state index is -0.462. The third kappa shape index (κ3) is 3.79. The van der Waals surface area contributed by atoms with Gasteiger partial charge in [0.05, 0.1) is 0 Å². The zero-order chi connectivity index (χ0) is 12.1. The van der Waals surface area contributed by atoms with Crippen LogP contribution in [0.1, 0.15) is 13.3 Å². The fourth-order valence-corrected chi connectivity index (χ4v) is 1.79. The standard InChI is InChI=1S/C10H20N4O2/c1-7-5-14(6-8(7)11)4-3-9(15)13-10(16)12-2/h7-8H,3-6,11H2,1-2H3,(H2,12,13,15,16). The van der Waals surface area contributed by atoms with Crippen LogP contribution in [-0.4, -0.2) is 49.6 Å². The second-order valence-corrected chi connectivity index (χ2v) is 4.28. The van der Waals surface area contributed by atoms with Crippen molar-refractivity contribution >= 4 is 11.9 Å².